The van der Waals surface area contributed by atoms with Crippen LogP contribution in [0.5, 0.6) is 0 Å². The zero-order valence-electron chi connectivity index (χ0n) is 14.4. The fraction of sp³-hybridized carbons (Fsp3) is 0.529. The highest BCUT2D eigenvalue weighted by Crippen LogP contribution is 2.18. The van der Waals surface area contributed by atoms with Crippen molar-refractivity contribution >= 4 is 21.8 Å². The lowest BCUT2D eigenvalue weighted by molar-refractivity contribution is -0.125. The molecular weight excluding hydrogens is 342 g/mol. The van der Waals surface area contributed by atoms with Crippen LogP contribution >= 0.6 is 0 Å². The second-order valence-corrected chi connectivity index (χ2v) is 8.33. The van der Waals surface area contributed by atoms with Crippen LogP contribution in [0.2, 0.25) is 0 Å². The Morgan fingerprint density at radius 2 is 1.72 bits per heavy atom. The van der Waals surface area contributed by atoms with Crippen LogP contribution in [0.25, 0.3) is 0 Å². The molecule has 0 bridgehead atoms. The molecule has 25 heavy (non-hydrogen) atoms. The average Bonchev–Trinajstić information content (AvgIpc) is 2.58. The molecule has 0 spiro atoms. The first-order chi connectivity index (χ1) is 11.8. The second-order valence-electron chi connectivity index (χ2n) is 6.35. The van der Waals surface area contributed by atoms with E-state index in [1.807, 2.05) is 30.3 Å². The van der Waals surface area contributed by atoms with Crippen LogP contribution in [0.4, 0.5) is 0 Å². The molecule has 0 radical (unpaired) electrons. The predicted molar refractivity (Wildman–Crippen MR) is 95.3 cm³/mol. The fourth-order valence-corrected chi connectivity index (χ4v) is 3.66. The lowest BCUT2D eigenvalue weighted by atomic mass is 9.98. The van der Waals surface area contributed by atoms with E-state index in [1.165, 1.54) is 10.6 Å². The number of piperidine rings is 1. The molecule has 1 heterocycles. The Hall–Kier alpha value is -1.93. The van der Waals surface area contributed by atoms with Gasteiger partial charge in [-0.2, -0.15) is 0 Å². The third kappa shape index (κ3) is 6.83. The summed E-state index contributed by atoms with van der Waals surface area (Å²) in [5.74, 6) is -0.156. The SMILES string of the molecule is CS(=O)(=O)N1CCC(CNC(=O)CNC(=O)Cc2ccccc2)CC1. The third-order valence-corrected chi connectivity index (χ3v) is 5.59. The van der Waals surface area contributed by atoms with Crippen LogP contribution in [-0.4, -0.2) is 57.0 Å². The molecule has 7 nitrogen and oxygen atoms in total. The van der Waals surface area contributed by atoms with Gasteiger partial charge in [0.15, 0.2) is 0 Å². The minimum absolute atomic E-state index is 0.0478. The van der Waals surface area contributed by atoms with E-state index >= 15 is 0 Å². The number of amides is 2. The first-order valence-electron chi connectivity index (χ1n) is 8.37. The van der Waals surface area contributed by atoms with Crippen LogP contribution in [0.15, 0.2) is 30.3 Å². The van der Waals surface area contributed by atoms with E-state index < -0.39 is 10.0 Å². The number of carbonyl (C=O) groups excluding carboxylic acids is 2. The number of sulfonamides is 1. The highest BCUT2D eigenvalue weighted by Gasteiger charge is 2.24. The maximum Gasteiger partial charge on any atom is 0.239 e. The van der Waals surface area contributed by atoms with Gasteiger partial charge in [0.1, 0.15) is 0 Å². The van der Waals surface area contributed by atoms with Gasteiger partial charge in [0, 0.05) is 19.6 Å². The Morgan fingerprint density at radius 3 is 2.32 bits per heavy atom. The van der Waals surface area contributed by atoms with Gasteiger partial charge < -0.3 is 10.6 Å². The smallest absolute Gasteiger partial charge is 0.239 e. The molecule has 138 valence electrons. The summed E-state index contributed by atoms with van der Waals surface area (Å²) in [7, 11) is -3.13. The van der Waals surface area contributed by atoms with E-state index in [-0.39, 0.29) is 30.7 Å². The lowest BCUT2D eigenvalue weighted by Gasteiger charge is -2.30. The topological polar surface area (TPSA) is 95.6 Å². The quantitative estimate of drug-likeness (QED) is 0.716. The highest BCUT2D eigenvalue weighted by molar-refractivity contribution is 7.88. The van der Waals surface area contributed by atoms with Crippen LogP contribution < -0.4 is 10.6 Å². The van der Waals surface area contributed by atoms with E-state index in [2.05, 4.69) is 10.6 Å². The van der Waals surface area contributed by atoms with E-state index in [1.54, 1.807) is 0 Å². The molecule has 2 rings (SSSR count). The summed E-state index contributed by atoms with van der Waals surface area (Å²) in [6.45, 7) is 1.44. The summed E-state index contributed by atoms with van der Waals surface area (Å²) in [5.41, 5.74) is 0.901. The predicted octanol–water partition coefficient (Wildman–Crippen LogP) is 0.133. The van der Waals surface area contributed by atoms with Gasteiger partial charge in [-0.1, -0.05) is 30.3 Å². The molecule has 1 aromatic carbocycles. The van der Waals surface area contributed by atoms with Gasteiger partial charge in [0.05, 0.1) is 19.2 Å². The zero-order chi connectivity index (χ0) is 18.3. The summed E-state index contributed by atoms with van der Waals surface area (Å²) in [4.78, 5) is 23.6. The number of hydrogen-bond donors (Lipinski definition) is 2. The Morgan fingerprint density at radius 1 is 1.08 bits per heavy atom. The summed E-state index contributed by atoms with van der Waals surface area (Å²) in [5, 5.41) is 5.41. The summed E-state index contributed by atoms with van der Waals surface area (Å²) < 4.78 is 24.4. The van der Waals surface area contributed by atoms with Crippen molar-refractivity contribution in [2.45, 2.75) is 19.3 Å². The van der Waals surface area contributed by atoms with Gasteiger partial charge in [-0.3, -0.25) is 9.59 Å². The molecule has 1 aromatic rings. The highest BCUT2D eigenvalue weighted by atomic mass is 32.2. The van der Waals surface area contributed by atoms with E-state index in [0.717, 1.165) is 18.4 Å². The van der Waals surface area contributed by atoms with Crippen LogP contribution in [0.3, 0.4) is 0 Å². The van der Waals surface area contributed by atoms with Gasteiger partial charge in [0.25, 0.3) is 0 Å². The third-order valence-electron chi connectivity index (χ3n) is 4.28. The van der Waals surface area contributed by atoms with Gasteiger partial charge in [-0.05, 0) is 24.3 Å². The van der Waals surface area contributed by atoms with Crippen molar-refractivity contribution in [3.63, 3.8) is 0 Å². The number of carbonyl (C=O) groups is 2. The Bertz CT molecular complexity index is 683. The molecule has 0 unspecified atom stereocenters. The van der Waals surface area contributed by atoms with Crippen LogP contribution in [0.1, 0.15) is 18.4 Å². The molecule has 1 fully saturated rings. The molecule has 0 atom stereocenters. The van der Waals surface area contributed by atoms with Crippen molar-refractivity contribution in [3.8, 4) is 0 Å². The van der Waals surface area contributed by atoms with Crippen molar-refractivity contribution in [3.05, 3.63) is 35.9 Å². The second kappa shape index (κ2) is 8.96. The molecule has 1 aliphatic rings. The Balaban J connectivity index is 1.62. The molecule has 0 saturated carbocycles. The molecular formula is C17H25N3O4S. The number of hydrogen-bond acceptors (Lipinski definition) is 4. The Labute approximate surface area is 148 Å². The van der Waals surface area contributed by atoms with Crippen LogP contribution in [0, 0.1) is 5.92 Å². The maximum atomic E-state index is 11.8. The van der Waals surface area contributed by atoms with E-state index in [0.29, 0.717) is 19.6 Å². The maximum absolute atomic E-state index is 11.8. The summed E-state index contributed by atoms with van der Waals surface area (Å²) >= 11 is 0. The van der Waals surface area contributed by atoms with Crippen molar-refractivity contribution in [2.24, 2.45) is 5.92 Å². The molecule has 1 saturated heterocycles. The van der Waals surface area contributed by atoms with E-state index in [9.17, 15) is 18.0 Å². The number of nitrogens with one attached hydrogen (secondary N) is 2. The molecule has 2 amide bonds. The first-order valence-corrected chi connectivity index (χ1v) is 10.2. The molecule has 2 N–H and O–H groups in total. The van der Waals surface area contributed by atoms with Crippen molar-refractivity contribution < 1.29 is 18.0 Å². The van der Waals surface area contributed by atoms with Crippen molar-refractivity contribution in [1.82, 2.24) is 14.9 Å². The average molecular weight is 367 g/mol. The molecule has 8 heteroatoms. The molecule has 1 aliphatic heterocycles. The van der Waals surface area contributed by atoms with Crippen LogP contribution in [-0.2, 0) is 26.0 Å². The number of rotatable bonds is 7. The fourth-order valence-electron chi connectivity index (χ4n) is 2.79. The van der Waals surface area contributed by atoms with Gasteiger partial charge in [-0.15, -0.1) is 0 Å². The van der Waals surface area contributed by atoms with Crippen molar-refractivity contribution in [1.29, 1.82) is 0 Å². The summed E-state index contributed by atoms with van der Waals surface area (Å²) in [6, 6.07) is 9.34. The van der Waals surface area contributed by atoms with Gasteiger partial charge in [-0.25, -0.2) is 12.7 Å². The lowest BCUT2D eigenvalue weighted by Crippen LogP contribution is -2.43. The normalized spacial score (nSPS) is 16.4. The standard InChI is InChI=1S/C17H25N3O4S/c1-25(23,24)20-9-7-15(8-10-20)12-18-17(22)13-19-16(21)11-14-5-3-2-4-6-14/h2-6,15H,7-13H2,1H3,(H,18,22)(H,19,21). The van der Waals surface area contributed by atoms with Gasteiger partial charge >= 0.3 is 0 Å². The summed E-state index contributed by atoms with van der Waals surface area (Å²) in [6.07, 6.45) is 2.92. The number of benzene rings is 1. The molecule has 0 aliphatic carbocycles. The molecule has 0 aromatic heterocycles. The van der Waals surface area contributed by atoms with Gasteiger partial charge in [0.2, 0.25) is 21.8 Å². The van der Waals surface area contributed by atoms with E-state index in [4.69, 9.17) is 0 Å². The number of nitrogens with zero attached hydrogens (tertiary/aromatic N) is 1. The minimum Gasteiger partial charge on any atom is -0.354 e. The Kier molecular flexibility index (Phi) is 6.95. The monoisotopic (exact) mass is 367 g/mol. The zero-order valence-corrected chi connectivity index (χ0v) is 15.2. The largest absolute Gasteiger partial charge is 0.354 e. The minimum atomic E-state index is -3.13. The van der Waals surface area contributed by atoms with Crippen molar-refractivity contribution in [2.75, 3.05) is 32.4 Å². The first kappa shape index (κ1) is 19.4.